The molecular formula is C22H21Cl3N6O2. The average molecular weight is 508 g/mol. The van der Waals surface area contributed by atoms with Crippen molar-refractivity contribution in [3.8, 4) is 5.75 Å². The van der Waals surface area contributed by atoms with Crippen molar-refractivity contribution in [1.82, 2.24) is 15.0 Å². The lowest BCUT2D eigenvalue weighted by Gasteiger charge is -2.26. The van der Waals surface area contributed by atoms with Crippen LogP contribution in [0.25, 0.3) is 0 Å². The molecule has 4 rings (SSSR count). The highest BCUT2D eigenvalue weighted by molar-refractivity contribution is 6.35. The molecule has 3 aromatic rings. The molecule has 4 N–H and O–H groups in total. The highest BCUT2D eigenvalue weighted by atomic mass is 35.5. The van der Waals surface area contributed by atoms with Gasteiger partial charge in [0.15, 0.2) is 6.23 Å². The number of hydrogen-bond donors (Lipinski definition) is 3. The number of anilines is 1. The van der Waals surface area contributed by atoms with E-state index in [1.807, 2.05) is 6.07 Å². The number of ether oxygens (including phenoxy) is 2. The minimum atomic E-state index is -0.936. The van der Waals surface area contributed by atoms with Gasteiger partial charge in [-0.1, -0.05) is 23.2 Å². The molecule has 1 aromatic carbocycles. The molecule has 0 aliphatic carbocycles. The Morgan fingerprint density at radius 1 is 1.12 bits per heavy atom. The van der Waals surface area contributed by atoms with Gasteiger partial charge in [0.25, 0.3) is 0 Å². The van der Waals surface area contributed by atoms with Gasteiger partial charge in [0, 0.05) is 53.8 Å². The normalized spacial score (nSPS) is 16.8. The largest absolute Gasteiger partial charge is 0.471 e. The third kappa shape index (κ3) is 5.72. The van der Waals surface area contributed by atoms with Gasteiger partial charge in [0.1, 0.15) is 12.0 Å². The topological polar surface area (TPSA) is 119 Å². The summed E-state index contributed by atoms with van der Waals surface area (Å²) in [7, 11) is 0. The Kier molecular flexibility index (Phi) is 7.62. The Labute approximate surface area is 205 Å². The maximum Gasteiger partial charge on any atom is 0.222 e. The molecule has 3 heterocycles. The number of nitrogens with one attached hydrogen (secondary N) is 2. The van der Waals surface area contributed by atoms with Crippen LogP contribution in [0.3, 0.4) is 0 Å². The van der Waals surface area contributed by atoms with Crippen LogP contribution in [0, 0.1) is 5.41 Å². The SMILES string of the molecule is N=C(c1cnc(Cl)nc1)c1cc(O[C@H](N)c2c(Cl)cncc2Cl)ccc1NC1CCCCO1. The van der Waals surface area contributed by atoms with Gasteiger partial charge in [-0.2, -0.15) is 0 Å². The maximum absolute atomic E-state index is 8.77. The summed E-state index contributed by atoms with van der Waals surface area (Å²) in [5.74, 6) is 0.427. The van der Waals surface area contributed by atoms with Crippen molar-refractivity contribution >= 4 is 46.2 Å². The predicted molar refractivity (Wildman–Crippen MR) is 128 cm³/mol. The molecule has 1 aliphatic heterocycles. The number of pyridine rings is 1. The van der Waals surface area contributed by atoms with Gasteiger partial charge in [-0.05, 0) is 49.1 Å². The molecule has 2 atom stereocenters. The van der Waals surface area contributed by atoms with Crippen LogP contribution in [0.5, 0.6) is 5.75 Å². The Morgan fingerprint density at radius 3 is 2.52 bits per heavy atom. The molecule has 2 aromatic heterocycles. The van der Waals surface area contributed by atoms with E-state index in [0.29, 0.717) is 44.8 Å². The quantitative estimate of drug-likeness (QED) is 0.228. The van der Waals surface area contributed by atoms with Crippen LogP contribution < -0.4 is 15.8 Å². The van der Waals surface area contributed by atoms with E-state index in [1.54, 1.807) is 12.1 Å². The minimum Gasteiger partial charge on any atom is -0.471 e. The Hall–Kier alpha value is -2.49. The zero-order valence-electron chi connectivity index (χ0n) is 17.4. The molecule has 1 saturated heterocycles. The summed E-state index contributed by atoms with van der Waals surface area (Å²) >= 11 is 18.2. The number of aromatic nitrogens is 3. The number of rotatable bonds is 7. The van der Waals surface area contributed by atoms with Gasteiger partial charge >= 0.3 is 0 Å². The number of hydrogen-bond acceptors (Lipinski definition) is 8. The van der Waals surface area contributed by atoms with Gasteiger partial charge in [0.2, 0.25) is 5.28 Å². The van der Waals surface area contributed by atoms with Crippen molar-refractivity contribution in [2.24, 2.45) is 5.73 Å². The van der Waals surface area contributed by atoms with Crippen molar-refractivity contribution < 1.29 is 9.47 Å². The number of nitrogens with two attached hydrogens (primary N) is 1. The Morgan fingerprint density at radius 2 is 1.85 bits per heavy atom. The molecule has 1 unspecified atom stereocenters. The highest BCUT2D eigenvalue weighted by Crippen LogP contribution is 2.32. The Bertz CT molecular complexity index is 1120. The van der Waals surface area contributed by atoms with Gasteiger partial charge in [-0.25, -0.2) is 9.97 Å². The van der Waals surface area contributed by atoms with Crippen molar-refractivity contribution in [3.05, 3.63) is 75.0 Å². The smallest absolute Gasteiger partial charge is 0.222 e. The van der Waals surface area contributed by atoms with Crippen LogP contribution in [0.4, 0.5) is 5.69 Å². The molecule has 0 spiro atoms. The van der Waals surface area contributed by atoms with Crippen LogP contribution in [0.15, 0.2) is 43.0 Å². The Balaban J connectivity index is 1.65. The zero-order valence-corrected chi connectivity index (χ0v) is 19.7. The third-order valence-electron chi connectivity index (χ3n) is 5.10. The minimum absolute atomic E-state index is 0.106. The number of nitrogens with zero attached hydrogens (tertiary/aromatic N) is 3. The van der Waals surface area contributed by atoms with Gasteiger partial charge in [-0.3, -0.25) is 16.1 Å². The van der Waals surface area contributed by atoms with E-state index in [9.17, 15) is 0 Å². The van der Waals surface area contributed by atoms with Crippen LogP contribution >= 0.6 is 34.8 Å². The summed E-state index contributed by atoms with van der Waals surface area (Å²) in [6.45, 7) is 0.693. The first kappa shape index (κ1) is 23.7. The van der Waals surface area contributed by atoms with Crippen LogP contribution in [-0.2, 0) is 4.74 Å². The van der Waals surface area contributed by atoms with E-state index in [2.05, 4.69) is 20.3 Å². The summed E-state index contributed by atoms with van der Waals surface area (Å²) in [5, 5.41) is 12.9. The van der Waals surface area contributed by atoms with Crippen LogP contribution in [-0.4, -0.2) is 33.5 Å². The van der Waals surface area contributed by atoms with E-state index >= 15 is 0 Å². The third-order valence-corrected chi connectivity index (χ3v) is 5.90. The summed E-state index contributed by atoms with van der Waals surface area (Å²) in [6.07, 6.45) is 7.79. The van der Waals surface area contributed by atoms with Gasteiger partial charge in [-0.15, -0.1) is 0 Å². The van der Waals surface area contributed by atoms with Gasteiger partial charge in [0.05, 0.1) is 15.8 Å². The van der Waals surface area contributed by atoms with Crippen molar-refractivity contribution in [3.63, 3.8) is 0 Å². The first-order chi connectivity index (χ1) is 15.9. The summed E-state index contributed by atoms with van der Waals surface area (Å²) < 4.78 is 11.7. The fraction of sp³-hybridized carbons (Fsp3) is 0.273. The molecule has 0 amide bonds. The number of benzene rings is 1. The summed E-state index contributed by atoms with van der Waals surface area (Å²) in [4.78, 5) is 11.9. The van der Waals surface area contributed by atoms with E-state index in [0.717, 1.165) is 19.3 Å². The number of halogens is 3. The standard InChI is InChI=1S/C22H21Cl3N6O2/c23-15-10-28-11-16(24)19(15)21(27)33-13-4-5-17(31-18-3-1-2-6-32-18)14(7-13)20(26)12-8-29-22(25)30-9-12/h4-5,7-11,18,21,26,31H,1-3,6,27H2/t18?,21-/m0/s1. The maximum atomic E-state index is 8.77. The molecule has 8 nitrogen and oxygen atoms in total. The molecule has 1 fully saturated rings. The lowest BCUT2D eigenvalue weighted by atomic mass is 10.0. The fourth-order valence-corrected chi connectivity index (χ4v) is 4.13. The molecule has 172 valence electrons. The fourth-order valence-electron chi connectivity index (χ4n) is 3.45. The van der Waals surface area contributed by atoms with Crippen molar-refractivity contribution in [1.29, 1.82) is 5.41 Å². The highest BCUT2D eigenvalue weighted by Gasteiger charge is 2.20. The summed E-state index contributed by atoms with van der Waals surface area (Å²) in [6, 6.07) is 5.28. The van der Waals surface area contributed by atoms with Gasteiger partial charge < -0.3 is 14.8 Å². The van der Waals surface area contributed by atoms with E-state index in [1.165, 1.54) is 24.8 Å². The van der Waals surface area contributed by atoms with Crippen molar-refractivity contribution in [2.45, 2.75) is 31.7 Å². The molecular weight excluding hydrogens is 487 g/mol. The monoisotopic (exact) mass is 506 g/mol. The molecule has 33 heavy (non-hydrogen) atoms. The molecule has 1 aliphatic rings. The first-order valence-corrected chi connectivity index (χ1v) is 11.4. The second kappa shape index (κ2) is 10.6. The summed E-state index contributed by atoms with van der Waals surface area (Å²) in [5.41, 5.74) is 8.60. The second-order valence-corrected chi connectivity index (χ2v) is 8.53. The van der Waals surface area contributed by atoms with E-state index in [-0.39, 0.29) is 17.2 Å². The van der Waals surface area contributed by atoms with E-state index in [4.69, 9.17) is 55.4 Å². The van der Waals surface area contributed by atoms with Crippen LogP contribution in [0.2, 0.25) is 15.3 Å². The average Bonchev–Trinajstić information content (AvgIpc) is 2.81. The second-order valence-electron chi connectivity index (χ2n) is 7.38. The molecule has 0 bridgehead atoms. The lowest BCUT2D eigenvalue weighted by Crippen LogP contribution is -2.28. The molecule has 0 radical (unpaired) electrons. The zero-order chi connectivity index (χ0) is 23.4. The van der Waals surface area contributed by atoms with E-state index < -0.39 is 6.23 Å². The predicted octanol–water partition coefficient (Wildman–Crippen LogP) is 5.22. The first-order valence-electron chi connectivity index (χ1n) is 10.2. The van der Waals surface area contributed by atoms with Crippen LogP contribution in [0.1, 0.15) is 42.2 Å². The van der Waals surface area contributed by atoms with Crippen molar-refractivity contribution in [2.75, 3.05) is 11.9 Å². The molecule has 0 saturated carbocycles. The lowest BCUT2D eigenvalue weighted by molar-refractivity contribution is 0.0343. The molecule has 11 heteroatoms.